The zero-order chi connectivity index (χ0) is 13.3. The number of aromatic nitrogens is 2. The van der Waals surface area contributed by atoms with Crippen LogP contribution in [-0.4, -0.2) is 35.6 Å². The molecule has 0 N–H and O–H groups in total. The third-order valence-electron chi connectivity index (χ3n) is 2.77. The van der Waals surface area contributed by atoms with Crippen molar-refractivity contribution < 1.29 is 18.8 Å². The molecule has 1 aromatic heterocycles. The number of carbonyl (C=O) groups is 1. The van der Waals surface area contributed by atoms with E-state index in [2.05, 4.69) is 16.4 Å². The van der Waals surface area contributed by atoms with Crippen LogP contribution in [-0.2, 0) is 25.4 Å². The van der Waals surface area contributed by atoms with Gasteiger partial charge in [-0.1, -0.05) is 6.58 Å². The molecule has 1 fully saturated rings. The molecule has 7 heteroatoms. The van der Waals surface area contributed by atoms with E-state index in [1.54, 1.807) is 12.4 Å². The van der Waals surface area contributed by atoms with Gasteiger partial charge in [-0.25, -0.2) is 0 Å². The molecule has 0 bridgehead atoms. The number of ether oxygens (including phenoxy) is 1. The average molecular weight is 250 g/mol. The minimum absolute atomic E-state index is 0.0631. The van der Waals surface area contributed by atoms with Gasteiger partial charge in [-0.05, 0) is 13.8 Å². The maximum atomic E-state index is 11.1. The molecule has 0 unspecified atom stereocenters. The standard InChI is InChI=1S/C11H15BN2O4/c1-8-11(2,3)18-12(17-8)9-5-13-14(6-9)7-10(15)16-4/h5-6H,1,7H2,2-4H3. The SMILES string of the molecule is C=C1OB(c2cnn(CC(=O)OC)c2)OC1(C)C. The quantitative estimate of drug-likeness (QED) is 0.562. The summed E-state index contributed by atoms with van der Waals surface area (Å²) in [6, 6.07) is 0. The van der Waals surface area contributed by atoms with Gasteiger partial charge in [0, 0.05) is 11.7 Å². The second kappa shape index (κ2) is 4.49. The van der Waals surface area contributed by atoms with Gasteiger partial charge in [0.2, 0.25) is 0 Å². The van der Waals surface area contributed by atoms with Crippen LogP contribution in [0, 0.1) is 0 Å². The number of rotatable bonds is 3. The van der Waals surface area contributed by atoms with Gasteiger partial charge < -0.3 is 14.0 Å². The summed E-state index contributed by atoms with van der Waals surface area (Å²) in [6.07, 6.45) is 3.29. The molecule has 2 heterocycles. The lowest BCUT2D eigenvalue weighted by molar-refractivity contribution is -0.141. The van der Waals surface area contributed by atoms with Crippen LogP contribution in [0.25, 0.3) is 0 Å². The largest absolute Gasteiger partial charge is 0.566 e. The van der Waals surface area contributed by atoms with Crippen molar-refractivity contribution in [3.63, 3.8) is 0 Å². The van der Waals surface area contributed by atoms with Crippen molar-refractivity contribution in [2.75, 3.05) is 7.11 Å². The highest BCUT2D eigenvalue weighted by Gasteiger charge is 2.43. The molecule has 0 radical (unpaired) electrons. The van der Waals surface area contributed by atoms with Crippen molar-refractivity contribution in [2.45, 2.75) is 26.0 Å². The fourth-order valence-corrected chi connectivity index (χ4v) is 1.55. The average Bonchev–Trinajstić information content (AvgIpc) is 2.85. The summed E-state index contributed by atoms with van der Waals surface area (Å²) in [5.41, 5.74) is 0.223. The summed E-state index contributed by atoms with van der Waals surface area (Å²) in [5, 5.41) is 4.05. The van der Waals surface area contributed by atoms with Crippen molar-refractivity contribution in [3.05, 3.63) is 24.7 Å². The highest BCUT2D eigenvalue weighted by Crippen LogP contribution is 2.28. The molecule has 96 valence electrons. The van der Waals surface area contributed by atoms with Crippen LogP contribution in [0.2, 0.25) is 0 Å². The number of esters is 1. The first-order valence-corrected chi connectivity index (χ1v) is 5.55. The number of hydrogen-bond acceptors (Lipinski definition) is 5. The molecule has 0 atom stereocenters. The van der Waals surface area contributed by atoms with Crippen LogP contribution in [0.15, 0.2) is 24.7 Å². The molecular weight excluding hydrogens is 235 g/mol. The van der Waals surface area contributed by atoms with Crippen LogP contribution in [0.3, 0.4) is 0 Å². The van der Waals surface area contributed by atoms with Crippen molar-refractivity contribution in [1.29, 1.82) is 0 Å². The molecule has 18 heavy (non-hydrogen) atoms. The molecule has 0 aliphatic carbocycles. The molecule has 2 rings (SSSR count). The number of hydrogen-bond donors (Lipinski definition) is 0. The molecule has 1 saturated heterocycles. The fraction of sp³-hybridized carbons (Fsp3) is 0.455. The third-order valence-corrected chi connectivity index (χ3v) is 2.77. The van der Waals surface area contributed by atoms with Gasteiger partial charge in [0.05, 0.1) is 19.1 Å². The molecular formula is C11H15BN2O4. The van der Waals surface area contributed by atoms with E-state index in [9.17, 15) is 4.79 Å². The van der Waals surface area contributed by atoms with E-state index in [1.165, 1.54) is 11.8 Å². The Hall–Kier alpha value is -1.76. The van der Waals surface area contributed by atoms with E-state index in [0.29, 0.717) is 5.76 Å². The maximum absolute atomic E-state index is 11.1. The molecule has 6 nitrogen and oxygen atoms in total. The monoisotopic (exact) mass is 250 g/mol. The molecule has 0 saturated carbocycles. The second-order valence-corrected chi connectivity index (χ2v) is 4.55. The summed E-state index contributed by atoms with van der Waals surface area (Å²) >= 11 is 0. The van der Waals surface area contributed by atoms with Crippen molar-refractivity contribution in [2.24, 2.45) is 0 Å². The Bertz CT molecular complexity index is 483. The first-order chi connectivity index (χ1) is 8.42. The number of methoxy groups -OCH3 is 1. The first-order valence-electron chi connectivity index (χ1n) is 5.55. The van der Waals surface area contributed by atoms with Crippen LogP contribution in [0.5, 0.6) is 0 Å². The van der Waals surface area contributed by atoms with E-state index in [0.717, 1.165) is 5.46 Å². The van der Waals surface area contributed by atoms with Crippen LogP contribution in [0.1, 0.15) is 13.8 Å². The molecule has 0 aromatic carbocycles. The lowest BCUT2D eigenvalue weighted by Crippen LogP contribution is -2.33. The summed E-state index contributed by atoms with van der Waals surface area (Å²) < 4.78 is 17.3. The highest BCUT2D eigenvalue weighted by atomic mass is 16.7. The molecule has 0 amide bonds. The van der Waals surface area contributed by atoms with E-state index in [4.69, 9.17) is 9.31 Å². The molecule has 0 spiro atoms. The number of carbonyl (C=O) groups excluding carboxylic acids is 1. The van der Waals surface area contributed by atoms with Crippen molar-refractivity contribution in [3.8, 4) is 0 Å². The summed E-state index contributed by atoms with van der Waals surface area (Å²) in [5.74, 6) is 0.218. The minimum Gasteiger partial charge on any atom is -0.534 e. The molecule has 1 aromatic rings. The Morgan fingerprint density at radius 3 is 2.94 bits per heavy atom. The third kappa shape index (κ3) is 2.40. The highest BCUT2D eigenvalue weighted by molar-refractivity contribution is 6.62. The smallest absolute Gasteiger partial charge is 0.534 e. The minimum atomic E-state index is -0.529. The van der Waals surface area contributed by atoms with Gasteiger partial charge in [0.1, 0.15) is 12.1 Å². The summed E-state index contributed by atoms with van der Waals surface area (Å²) in [7, 11) is 0.807. The Balaban J connectivity index is 2.07. The predicted molar refractivity (Wildman–Crippen MR) is 65.0 cm³/mol. The zero-order valence-electron chi connectivity index (χ0n) is 10.7. The molecule has 1 aliphatic rings. The normalized spacial score (nSPS) is 17.7. The van der Waals surface area contributed by atoms with Crippen LogP contribution >= 0.6 is 0 Å². The van der Waals surface area contributed by atoms with E-state index in [1.807, 2.05) is 13.8 Å². The Morgan fingerprint density at radius 1 is 1.67 bits per heavy atom. The molecule has 1 aliphatic heterocycles. The lowest BCUT2D eigenvalue weighted by Gasteiger charge is -2.15. The number of nitrogens with zero attached hydrogens (tertiary/aromatic N) is 2. The van der Waals surface area contributed by atoms with Crippen molar-refractivity contribution >= 4 is 18.6 Å². The fourth-order valence-electron chi connectivity index (χ4n) is 1.55. The Morgan fingerprint density at radius 2 is 2.39 bits per heavy atom. The maximum Gasteiger partial charge on any atom is 0.566 e. The van der Waals surface area contributed by atoms with Gasteiger partial charge >= 0.3 is 13.1 Å². The topological polar surface area (TPSA) is 62.6 Å². The lowest BCUT2D eigenvalue weighted by atomic mass is 9.82. The van der Waals surface area contributed by atoms with Gasteiger partial charge in [-0.15, -0.1) is 0 Å². The first kappa shape index (κ1) is 12.7. The van der Waals surface area contributed by atoms with Gasteiger partial charge in [-0.3, -0.25) is 9.48 Å². The van der Waals surface area contributed by atoms with Crippen LogP contribution in [0.4, 0.5) is 0 Å². The van der Waals surface area contributed by atoms with Gasteiger partial charge in [-0.2, -0.15) is 5.10 Å². The van der Waals surface area contributed by atoms with Crippen LogP contribution < -0.4 is 5.46 Å². The van der Waals surface area contributed by atoms with E-state index >= 15 is 0 Å². The second-order valence-electron chi connectivity index (χ2n) is 4.55. The summed E-state index contributed by atoms with van der Waals surface area (Å²) in [6.45, 7) is 7.63. The Kier molecular flexibility index (Phi) is 3.17. The summed E-state index contributed by atoms with van der Waals surface area (Å²) in [4.78, 5) is 11.1. The van der Waals surface area contributed by atoms with Crippen molar-refractivity contribution in [1.82, 2.24) is 9.78 Å². The predicted octanol–water partition coefficient (Wildman–Crippen LogP) is 0.0904. The Labute approximate surface area is 106 Å². The van der Waals surface area contributed by atoms with Gasteiger partial charge in [0.25, 0.3) is 0 Å². The van der Waals surface area contributed by atoms with E-state index in [-0.39, 0.29) is 12.5 Å². The van der Waals surface area contributed by atoms with Gasteiger partial charge in [0.15, 0.2) is 0 Å². The van der Waals surface area contributed by atoms with E-state index < -0.39 is 12.7 Å². The zero-order valence-corrected chi connectivity index (χ0v) is 10.7.